The van der Waals surface area contributed by atoms with E-state index in [1.807, 2.05) is 24.3 Å². The molecule has 4 heteroatoms. The van der Waals surface area contributed by atoms with Crippen LogP contribution in [0.5, 0.6) is 11.5 Å². The highest BCUT2D eigenvalue weighted by Gasteiger charge is 1.99. The Balaban J connectivity index is 2.26. The molecule has 18 heavy (non-hydrogen) atoms. The van der Waals surface area contributed by atoms with Gasteiger partial charge in [0.05, 0.1) is 12.8 Å². The molecule has 92 valence electrons. The summed E-state index contributed by atoms with van der Waals surface area (Å²) < 4.78 is 6.01. The molecule has 0 amide bonds. The molecular formula is C14H12BrNO2. The molecule has 2 aromatic carbocycles. The maximum Gasteiger partial charge on any atom is 0.124 e. The molecule has 0 aliphatic rings. The molecule has 2 aromatic rings. The van der Waals surface area contributed by atoms with E-state index < -0.39 is 0 Å². The molecule has 1 N–H and O–H groups in total. The maximum absolute atomic E-state index is 9.68. The molecule has 0 radical (unpaired) electrons. The van der Waals surface area contributed by atoms with Crippen LogP contribution in [-0.4, -0.2) is 18.4 Å². The fourth-order valence-electron chi connectivity index (χ4n) is 1.46. The van der Waals surface area contributed by atoms with Gasteiger partial charge < -0.3 is 9.84 Å². The molecule has 0 fully saturated rings. The van der Waals surface area contributed by atoms with Gasteiger partial charge in [-0.2, -0.15) is 0 Å². The number of phenolic OH excluding ortho intramolecular Hbond substituents is 1. The third kappa shape index (κ3) is 3.11. The first-order valence-electron chi connectivity index (χ1n) is 5.35. The highest BCUT2D eigenvalue weighted by atomic mass is 79.9. The summed E-state index contributed by atoms with van der Waals surface area (Å²) in [6.45, 7) is 0. The second-order valence-electron chi connectivity index (χ2n) is 3.66. The predicted molar refractivity (Wildman–Crippen MR) is 76.1 cm³/mol. The summed E-state index contributed by atoms with van der Waals surface area (Å²) in [5.41, 5.74) is 1.43. The van der Waals surface area contributed by atoms with E-state index in [0.717, 1.165) is 15.9 Å². The molecule has 0 spiro atoms. The second kappa shape index (κ2) is 5.69. The molecular weight excluding hydrogens is 294 g/mol. The van der Waals surface area contributed by atoms with E-state index in [1.165, 1.54) is 0 Å². The topological polar surface area (TPSA) is 41.8 Å². The fourth-order valence-corrected chi connectivity index (χ4v) is 1.84. The van der Waals surface area contributed by atoms with Gasteiger partial charge in [0.2, 0.25) is 0 Å². The maximum atomic E-state index is 9.68. The van der Waals surface area contributed by atoms with Crippen molar-refractivity contribution < 1.29 is 9.84 Å². The number of hydrogen-bond acceptors (Lipinski definition) is 3. The number of nitrogens with zero attached hydrogens (tertiary/aromatic N) is 1. The number of aliphatic imine (C=N–C) groups is 1. The van der Waals surface area contributed by atoms with Crippen molar-refractivity contribution in [3.8, 4) is 11.5 Å². The van der Waals surface area contributed by atoms with Crippen LogP contribution >= 0.6 is 15.9 Å². The third-order valence-corrected chi connectivity index (χ3v) is 2.89. The van der Waals surface area contributed by atoms with E-state index in [4.69, 9.17) is 4.74 Å². The summed E-state index contributed by atoms with van der Waals surface area (Å²) in [7, 11) is 1.61. The summed E-state index contributed by atoms with van der Waals surface area (Å²) in [6.07, 6.45) is 1.62. The van der Waals surface area contributed by atoms with Crippen LogP contribution in [0.3, 0.4) is 0 Å². The van der Waals surface area contributed by atoms with Crippen LogP contribution in [0.2, 0.25) is 0 Å². The van der Waals surface area contributed by atoms with Crippen molar-refractivity contribution in [2.24, 2.45) is 4.99 Å². The first-order chi connectivity index (χ1) is 8.69. The molecule has 0 bridgehead atoms. The van der Waals surface area contributed by atoms with E-state index >= 15 is 0 Å². The lowest BCUT2D eigenvalue weighted by atomic mass is 10.2. The zero-order valence-corrected chi connectivity index (χ0v) is 11.4. The number of aromatic hydroxyl groups is 1. The molecule has 2 rings (SSSR count). The summed E-state index contributed by atoms with van der Waals surface area (Å²) in [5.74, 6) is 0.952. The van der Waals surface area contributed by atoms with Gasteiger partial charge in [-0.1, -0.05) is 22.0 Å². The zero-order valence-electron chi connectivity index (χ0n) is 9.80. The minimum atomic E-state index is 0.199. The lowest BCUT2D eigenvalue weighted by Gasteiger charge is -2.01. The Morgan fingerprint density at radius 2 is 2.06 bits per heavy atom. The van der Waals surface area contributed by atoms with E-state index in [-0.39, 0.29) is 5.75 Å². The molecule has 0 aromatic heterocycles. The third-order valence-electron chi connectivity index (χ3n) is 2.40. The van der Waals surface area contributed by atoms with Crippen molar-refractivity contribution in [3.63, 3.8) is 0 Å². The molecule has 0 unspecified atom stereocenters. The Morgan fingerprint density at radius 3 is 2.83 bits per heavy atom. The van der Waals surface area contributed by atoms with E-state index in [0.29, 0.717) is 5.56 Å². The molecule has 0 aliphatic carbocycles. The van der Waals surface area contributed by atoms with Gasteiger partial charge in [0.15, 0.2) is 0 Å². The van der Waals surface area contributed by atoms with Crippen molar-refractivity contribution in [3.05, 3.63) is 52.5 Å². The van der Waals surface area contributed by atoms with E-state index in [1.54, 1.807) is 31.5 Å². The number of hydrogen-bond donors (Lipinski definition) is 1. The average Bonchev–Trinajstić information content (AvgIpc) is 2.40. The lowest BCUT2D eigenvalue weighted by Crippen LogP contribution is -1.83. The van der Waals surface area contributed by atoms with Crippen molar-refractivity contribution in [2.45, 2.75) is 0 Å². The predicted octanol–water partition coefficient (Wildman–Crippen LogP) is 3.91. The van der Waals surface area contributed by atoms with Crippen LogP contribution in [0.15, 0.2) is 51.9 Å². The Morgan fingerprint density at radius 1 is 1.22 bits per heavy atom. The van der Waals surface area contributed by atoms with Crippen LogP contribution in [-0.2, 0) is 0 Å². The van der Waals surface area contributed by atoms with E-state index in [2.05, 4.69) is 20.9 Å². The normalized spacial score (nSPS) is 10.8. The zero-order chi connectivity index (χ0) is 13.0. The monoisotopic (exact) mass is 305 g/mol. The Hall–Kier alpha value is -1.81. The molecule has 3 nitrogen and oxygen atoms in total. The minimum absolute atomic E-state index is 0.199. The van der Waals surface area contributed by atoms with Gasteiger partial charge in [-0.05, 0) is 30.3 Å². The summed E-state index contributed by atoms with van der Waals surface area (Å²) in [5, 5.41) is 9.68. The molecule has 0 saturated heterocycles. The molecule has 0 atom stereocenters. The minimum Gasteiger partial charge on any atom is -0.507 e. The second-order valence-corrected chi connectivity index (χ2v) is 4.58. The molecule has 0 heterocycles. The fraction of sp³-hybridized carbons (Fsp3) is 0.0714. The standard InChI is InChI=1S/C14H12BrNO2/c1-18-13-4-2-3-12(8-13)16-9-10-7-11(15)5-6-14(10)17/h2-9,17H,1H3/b16-9+. The summed E-state index contributed by atoms with van der Waals surface area (Å²) in [4.78, 5) is 4.30. The first kappa shape index (κ1) is 12.6. The first-order valence-corrected chi connectivity index (χ1v) is 6.15. The highest BCUT2D eigenvalue weighted by Crippen LogP contribution is 2.23. The van der Waals surface area contributed by atoms with Crippen LogP contribution in [0, 0.1) is 0 Å². The Kier molecular flexibility index (Phi) is 3.99. The quantitative estimate of drug-likeness (QED) is 0.873. The average molecular weight is 306 g/mol. The number of rotatable bonds is 3. The smallest absolute Gasteiger partial charge is 0.124 e. The number of halogens is 1. The van der Waals surface area contributed by atoms with Gasteiger partial charge in [-0.15, -0.1) is 0 Å². The van der Waals surface area contributed by atoms with Gasteiger partial charge >= 0.3 is 0 Å². The summed E-state index contributed by atoms with van der Waals surface area (Å²) >= 11 is 3.35. The largest absolute Gasteiger partial charge is 0.507 e. The molecule has 0 saturated carbocycles. The van der Waals surface area contributed by atoms with Crippen molar-refractivity contribution in [2.75, 3.05) is 7.11 Å². The van der Waals surface area contributed by atoms with Crippen molar-refractivity contribution >= 4 is 27.8 Å². The van der Waals surface area contributed by atoms with Crippen LogP contribution in [0.25, 0.3) is 0 Å². The number of phenols is 1. The van der Waals surface area contributed by atoms with Crippen LogP contribution in [0.4, 0.5) is 5.69 Å². The molecule has 0 aliphatic heterocycles. The van der Waals surface area contributed by atoms with Crippen LogP contribution in [0.1, 0.15) is 5.56 Å². The highest BCUT2D eigenvalue weighted by molar-refractivity contribution is 9.10. The van der Waals surface area contributed by atoms with Crippen molar-refractivity contribution in [1.82, 2.24) is 0 Å². The lowest BCUT2D eigenvalue weighted by molar-refractivity contribution is 0.415. The van der Waals surface area contributed by atoms with Gasteiger partial charge in [0, 0.05) is 22.3 Å². The number of methoxy groups -OCH3 is 1. The van der Waals surface area contributed by atoms with E-state index in [9.17, 15) is 5.11 Å². The van der Waals surface area contributed by atoms with Gasteiger partial charge in [-0.3, -0.25) is 4.99 Å². The number of benzene rings is 2. The Bertz CT molecular complexity index is 582. The number of ether oxygens (including phenoxy) is 1. The van der Waals surface area contributed by atoms with Crippen molar-refractivity contribution in [1.29, 1.82) is 0 Å². The van der Waals surface area contributed by atoms with Gasteiger partial charge in [0.25, 0.3) is 0 Å². The van der Waals surface area contributed by atoms with Gasteiger partial charge in [0.1, 0.15) is 11.5 Å². The SMILES string of the molecule is COc1cccc(/N=C/c2cc(Br)ccc2O)c1. The van der Waals surface area contributed by atoms with Gasteiger partial charge in [-0.25, -0.2) is 0 Å². The summed E-state index contributed by atoms with van der Waals surface area (Å²) in [6, 6.07) is 12.6. The Labute approximate surface area is 114 Å². The van der Waals surface area contributed by atoms with Crippen LogP contribution < -0.4 is 4.74 Å².